The van der Waals surface area contributed by atoms with Crippen molar-refractivity contribution in [1.29, 1.82) is 0 Å². The van der Waals surface area contributed by atoms with Gasteiger partial charge in [0.1, 0.15) is 5.82 Å². The monoisotopic (exact) mass is 276 g/mol. The second-order valence-electron chi connectivity index (χ2n) is 4.59. The molecule has 1 aromatic heterocycles. The van der Waals surface area contributed by atoms with Crippen molar-refractivity contribution in [2.24, 2.45) is 5.41 Å². The van der Waals surface area contributed by atoms with E-state index in [9.17, 15) is 13.6 Å². The summed E-state index contributed by atoms with van der Waals surface area (Å²) in [4.78, 5) is 14.5. The maximum atomic E-state index is 12.5. The zero-order valence-corrected chi connectivity index (χ0v) is 10.5. The molecule has 1 aromatic rings. The molecule has 0 aromatic carbocycles. The molecule has 0 bridgehead atoms. The Balaban J connectivity index is 1.82. The average molecular weight is 276 g/mol. The molecule has 1 heterocycles. The second-order valence-corrected chi connectivity index (χ2v) is 5.58. The van der Waals surface area contributed by atoms with E-state index in [1.807, 2.05) is 0 Å². The molecule has 1 N–H and O–H groups in total. The number of aliphatic carboxylic acids is 1. The largest absolute Gasteiger partial charge is 0.481 e. The van der Waals surface area contributed by atoms with Gasteiger partial charge in [-0.25, -0.2) is 4.98 Å². The van der Waals surface area contributed by atoms with E-state index in [0.29, 0.717) is 17.3 Å². The van der Waals surface area contributed by atoms with Crippen LogP contribution in [0, 0.1) is 5.41 Å². The Hall–Kier alpha value is -1.11. The molecule has 0 amide bonds. The first kappa shape index (κ1) is 13.3. The van der Waals surface area contributed by atoms with Gasteiger partial charge < -0.3 is 5.11 Å². The van der Waals surface area contributed by atoms with Crippen LogP contribution in [0.5, 0.6) is 0 Å². The van der Waals surface area contributed by atoms with Gasteiger partial charge in [0.15, 0.2) is 0 Å². The van der Waals surface area contributed by atoms with Crippen molar-refractivity contribution in [2.45, 2.75) is 31.6 Å². The van der Waals surface area contributed by atoms with E-state index in [2.05, 4.69) is 4.98 Å². The van der Waals surface area contributed by atoms with E-state index in [4.69, 9.17) is 5.11 Å². The van der Waals surface area contributed by atoms with Crippen LogP contribution < -0.4 is 0 Å². The van der Waals surface area contributed by atoms with Gasteiger partial charge in [-0.2, -0.15) is 20.5 Å². The lowest BCUT2D eigenvalue weighted by Crippen LogP contribution is -2.11. The Labute approximate surface area is 107 Å². The Morgan fingerprint density at radius 3 is 2.89 bits per heavy atom. The number of carboxylic acid groups (broad SMARTS) is 1. The molecule has 18 heavy (non-hydrogen) atoms. The van der Waals surface area contributed by atoms with E-state index in [1.54, 1.807) is 0 Å². The molecule has 1 aliphatic carbocycles. The highest BCUT2D eigenvalue weighted by molar-refractivity contribution is 7.98. The van der Waals surface area contributed by atoms with Crippen molar-refractivity contribution in [1.82, 2.24) is 9.55 Å². The SMILES string of the molecule is O=C(O)CC1(CSCc2nccn2C(F)F)CC1. The predicted octanol–water partition coefficient (Wildman–Crippen LogP) is 2.77. The van der Waals surface area contributed by atoms with Gasteiger partial charge in [0.05, 0.1) is 12.2 Å². The van der Waals surface area contributed by atoms with Crippen molar-refractivity contribution in [3.8, 4) is 0 Å². The topological polar surface area (TPSA) is 55.1 Å². The van der Waals surface area contributed by atoms with E-state index in [0.717, 1.165) is 17.4 Å². The summed E-state index contributed by atoms with van der Waals surface area (Å²) in [6, 6.07) is 0. The zero-order valence-electron chi connectivity index (χ0n) is 9.68. The summed E-state index contributed by atoms with van der Waals surface area (Å²) in [6.45, 7) is -2.57. The van der Waals surface area contributed by atoms with Crippen LogP contribution in [0.3, 0.4) is 0 Å². The number of nitrogens with zero attached hydrogens (tertiary/aromatic N) is 2. The van der Waals surface area contributed by atoms with Crippen LogP contribution in [0.15, 0.2) is 12.4 Å². The zero-order chi connectivity index (χ0) is 13.2. The summed E-state index contributed by atoms with van der Waals surface area (Å²) >= 11 is 1.47. The molecule has 1 aliphatic rings. The fraction of sp³-hybridized carbons (Fsp3) is 0.636. The summed E-state index contributed by atoms with van der Waals surface area (Å²) < 4.78 is 25.9. The fourth-order valence-corrected chi connectivity index (χ4v) is 3.19. The van der Waals surface area contributed by atoms with Crippen LogP contribution in [-0.2, 0) is 10.5 Å². The summed E-state index contributed by atoms with van der Waals surface area (Å²) in [6.07, 6.45) is 4.60. The molecule has 100 valence electrons. The molecule has 1 saturated carbocycles. The molecule has 2 rings (SSSR count). The summed E-state index contributed by atoms with van der Waals surface area (Å²) in [5.41, 5.74) is -0.112. The van der Waals surface area contributed by atoms with Gasteiger partial charge in [0, 0.05) is 12.4 Å². The quantitative estimate of drug-likeness (QED) is 0.832. The minimum atomic E-state index is -2.57. The van der Waals surface area contributed by atoms with Crippen molar-refractivity contribution in [3.05, 3.63) is 18.2 Å². The summed E-state index contributed by atoms with van der Waals surface area (Å²) in [5.74, 6) is 0.622. The van der Waals surface area contributed by atoms with Crippen LogP contribution in [0.4, 0.5) is 8.78 Å². The Bertz CT molecular complexity index is 432. The highest BCUT2D eigenvalue weighted by atomic mass is 32.2. The summed E-state index contributed by atoms with van der Waals surface area (Å²) in [5, 5.41) is 8.76. The van der Waals surface area contributed by atoms with Gasteiger partial charge in [-0.3, -0.25) is 9.36 Å². The van der Waals surface area contributed by atoms with Crippen molar-refractivity contribution >= 4 is 17.7 Å². The van der Waals surface area contributed by atoms with Crippen molar-refractivity contribution < 1.29 is 18.7 Å². The third-order valence-electron chi connectivity index (χ3n) is 3.08. The van der Waals surface area contributed by atoms with Gasteiger partial charge in [-0.15, -0.1) is 0 Å². The molecule has 7 heteroatoms. The summed E-state index contributed by atoms with van der Waals surface area (Å²) in [7, 11) is 0. The number of carbonyl (C=O) groups is 1. The molecule has 0 spiro atoms. The lowest BCUT2D eigenvalue weighted by atomic mass is 10.1. The molecule has 4 nitrogen and oxygen atoms in total. The van der Waals surface area contributed by atoms with E-state index in [-0.39, 0.29) is 11.8 Å². The van der Waals surface area contributed by atoms with Gasteiger partial charge in [-0.1, -0.05) is 0 Å². The number of halogens is 2. The molecule has 0 atom stereocenters. The number of imidazole rings is 1. The number of aromatic nitrogens is 2. The number of alkyl halides is 2. The Morgan fingerprint density at radius 1 is 1.61 bits per heavy atom. The number of rotatable bonds is 7. The van der Waals surface area contributed by atoms with Crippen molar-refractivity contribution in [2.75, 3.05) is 5.75 Å². The molecule has 0 radical (unpaired) electrons. The lowest BCUT2D eigenvalue weighted by molar-refractivity contribution is -0.138. The first-order valence-corrected chi connectivity index (χ1v) is 6.77. The van der Waals surface area contributed by atoms with Gasteiger partial charge in [0.2, 0.25) is 0 Å². The highest BCUT2D eigenvalue weighted by Gasteiger charge is 2.44. The molecular weight excluding hydrogens is 262 g/mol. The number of thioether (sulfide) groups is 1. The predicted molar refractivity (Wildman–Crippen MR) is 63.6 cm³/mol. The van der Waals surface area contributed by atoms with Crippen LogP contribution in [0.1, 0.15) is 31.6 Å². The molecular formula is C11H14F2N2O2S. The lowest BCUT2D eigenvalue weighted by Gasteiger charge is -2.12. The molecule has 1 fully saturated rings. The van der Waals surface area contributed by atoms with Crippen LogP contribution in [-0.4, -0.2) is 26.4 Å². The Kier molecular flexibility index (Phi) is 3.89. The van der Waals surface area contributed by atoms with Gasteiger partial charge in [0.25, 0.3) is 0 Å². The van der Waals surface area contributed by atoms with E-state index < -0.39 is 12.5 Å². The molecule has 0 unspecified atom stereocenters. The molecule has 0 aliphatic heterocycles. The standard InChI is InChI=1S/C11H14F2N2O2S/c12-10(13)15-4-3-14-8(15)6-18-7-11(1-2-11)5-9(16)17/h3-4,10H,1-2,5-7H2,(H,16,17). The maximum absolute atomic E-state index is 12.5. The van der Waals surface area contributed by atoms with Crippen LogP contribution >= 0.6 is 11.8 Å². The maximum Gasteiger partial charge on any atom is 0.319 e. The minimum Gasteiger partial charge on any atom is -0.481 e. The second kappa shape index (κ2) is 5.26. The number of hydrogen-bond acceptors (Lipinski definition) is 3. The van der Waals surface area contributed by atoms with Gasteiger partial charge in [-0.05, 0) is 24.0 Å². The first-order valence-electron chi connectivity index (χ1n) is 5.62. The number of hydrogen-bond donors (Lipinski definition) is 1. The van der Waals surface area contributed by atoms with Crippen molar-refractivity contribution in [3.63, 3.8) is 0 Å². The average Bonchev–Trinajstić information content (AvgIpc) is 2.86. The van der Waals surface area contributed by atoms with Crippen LogP contribution in [0.25, 0.3) is 0 Å². The normalized spacial score (nSPS) is 17.1. The first-order chi connectivity index (χ1) is 8.52. The fourth-order valence-electron chi connectivity index (χ4n) is 1.86. The smallest absolute Gasteiger partial charge is 0.319 e. The molecule has 0 saturated heterocycles. The third kappa shape index (κ3) is 3.22. The van der Waals surface area contributed by atoms with Gasteiger partial charge >= 0.3 is 12.5 Å². The van der Waals surface area contributed by atoms with E-state index in [1.165, 1.54) is 24.2 Å². The number of carboxylic acids is 1. The minimum absolute atomic E-state index is 0.112. The van der Waals surface area contributed by atoms with E-state index >= 15 is 0 Å². The Morgan fingerprint density at radius 2 is 2.33 bits per heavy atom. The third-order valence-corrected chi connectivity index (χ3v) is 4.36. The van der Waals surface area contributed by atoms with Crippen LogP contribution in [0.2, 0.25) is 0 Å². The highest BCUT2D eigenvalue weighted by Crippen LogP contribution is 2.51.